The second-order valence-electron chi connectivity index (χ2n) is 10.6. The van der Waals surface area contributed by atoms with E-state index >= 15 is 0 Å². The van der Waals surface area contributed by atoms with Crippen LogP contribution in [0.15, 0.2) is 79.1 Å². The molecule has 0 saturated carbocycles. The van der Waals surface area contributed by atoms with Gasteiger partial charge in [-0.15, -0.1) is 0 Å². The molecule has 8 nitrogen and oxygen atoms in total. The maximum atomic E-state index is 14.3. The van der Waals surface area contributed by atoms with Gasteiger partial charge in [-0.1, -0.05) is 24.3 Å². The zero-order valence-corrected chi connectivity index (χ0v) is 22.6. The Morgan fingerprint density at radius 2 is 1.80 bits per heavy atom. The van der Waals surface area contributed by atoms with Gasteiger partial charge in [-0.25, -0.2) is 14.4 Å². The summed E-state index contributed by atoms with van der Waals surface area (Å²) in [6, 6.07) is 18.2. The van der Waals surface area contributed by atoms with Crippen LogP contribution in [-0.2, 0) is 0 Å². The number of fused-ring (bicyclic) bond motifs is 1. The Balaban J connectivity index is 1.30. The molecule has 3 heterocycles. The predicted octanol–water partition coefficient (Wildman–Crippen LogP) is 5.22. The zero-order chi connectivity index (χ0) is 28.5. The maximum absolute atomic E-state index is 14.3. The van der Waals surface area contributed by atoms with Crippen molar-refractivity contribution in [2.45, 2.75) is 31.8 Å². The molecule has 208 valence electrons. The minimum Gasteiger partial charge on any atom is -0.508 e. The average molecular weight is 551 g/mol. The Morgan fingerprint density at radius 1 is 1.05 bits per heavy atom. The van der Waals surface area contributed by atoms with E-state index in [1.54, 1.807) is 24.5 Å². The first kappa shape index (κ1) is 26.5. The van der Waals surface area contributed by atoms with Crippen molar-refractivity contribution in [1.82, 2.24) is 20.3 Å². The number of H-pyrrole nitrogens is 1. The van der Waals surface area contributed by atoms with Gasteiger partial charge in [-0.2, -0.15) is 0 Å². The van der Waals surface area contributed by atoms with Crippen LogP contribution in [0.1, 0.15) is 46.1 Å². The van der Waals surface area contributed by atoms with Crippen LogP contribution in [0, 0.1) is 12.7 Å². The normalized spacial score (nSPS) is 14.8. The molecule has 1 aliphatic rings. The van der Waals surface area contributed by atoms with Crippen molar-refractivity contribution < 1.29 is 14.3 Å². The molecule has 3 aromatic carbocycles. The predicted molar refractivity (Wildman–Crippen MR) is 157 cm³/mol. The minimum absolute atomic E-state index is 0.117. The van der Waals surface area contributed by atoms with E-state index in [1.165, 1.54) is 18.2 Å². The Labute approximate surface area is 237 Å². The number of aromatic nitrogens is 3. The summed E-state index contributed by atoms with van der Waals surface area (Å²) in [6.07, 6.45) is 5.36. The fraction of sp³-hybridized carbons (Fsp3) is 0.219. The molecule has 5 N–H and O–H groups in total. The van der Waals surface area contributed by atoms with Crippen molar-refractivity contribution >= 4 is 22.8 Å². The molecule has 1 unspecified atom stereocenters. The van der Waals surface area contributed by atoms with Gasteiger partial charge in [0.2, 0.25) is 5.95 Å². The quantitative estimate of drug-likeness (QED) is 0.230. The molecule has 1 saturated heterocycles. The fourth-order valence-electron chi connectivity index (χ4n) is 5.36. The summed E-state index contributed by atoms with van der Waals surface area (Å²) in [7, 11) is 0. The summed E-state index contributed by atoms with van der Waals surface area (Å²) in [6.45, 7) is 3.57. The van der Waals surface area contributed by atoms with E-state index < -0.39 is 11.9 Å². The second-order valence-corrected chi connectivity index (χ2v) is 10.6. The molecule has 41 heavy (non-hydrogen) atoms. The number of carbonyl (C=O) groups is 1. The van der Waals surface area contributed by atoms with Gasteiger partial charge in [0.15, 0.2) is 0 Å². The summed E-state index contributed by atoms with van der Waals surface area (Å²) in [5, 5.41) is 14.6. The van der Waals surface area contributed by atoms with Crippen LogP contribution in [0.5, 0.6) is 5.75 Å². The lowest BCUT2D eigenvalue weighted by atomic mass is 9.99. The van der Waals surface area contributed by atoms with Gasteiger partial charge in [0.1, 0.15) is 11.6 Å². The molecule has 5 aromatic rings. The summed E-state index contributed by atoms with van der Waals surface area (Å²) in [4.78, 5) is 28.3. The number of nitrogens with one attached hydrogen (secondary N) is 2. The van der Waals surface area contributed by atoms with Crippen molar-refractivity contribution in [3.05, 3.63) is 107 Å². The number of hydrogen-bond donors (Lipinski definition) is 4. The van der Waals surface area contributed by atoms with Crippen LogP contribution >= 0.6 is 0 Å². The lowest BCUT2D eigenvalue weighted by molar-refractivity contribution is 0.0942. The highest BCUT2D eigenvalue weighted by atomic mass is 19.1. The number of phenols is 1. The molecule has 1 aliphatic heterocycles. The molecule has 6 rings (SSSR count). The van der Waals surface area contributed by atoms with Crippen LogP contribution < -0.4 is 16.0 Å². The van der Waals surface area contributed by atoms with Crippen molar-refractivity contribution in [3.8, 4) is 16.9 Å². The van der Waals surface area contributed by atoms with Gasteiger partial charge >= 0.3 is 0 Å². The van der Waals surface area contributed by atoms with E-state index in [-0.39, 0.29) is 23.3 Å². The monoisotopic (exact) mass is 550 g/mol. The molecule has 0 spiro atoms. The van der Waals surface area contributed by atoms with E-state index in [2.05, 4.69) is 25.2 Å². The highest BCUT2D eigenvalue weighted by Crippen LogP contribution is 2.32. The third-order valence-electron chi connectivity index (χ3n) is 7.57. The van der Waals surface area contributed by atoms with Crippen molar-refractivity contribution in [1.29, 1.82) is 0 Å². The van der Waals surface area contributed by atoms with Crippen LogP contribution in [-0.4, -0.2) is 45.1 Å². The highest BCUT2D eigenvalue weighted by molar-refractivity contribution is 5.96. The van der Waals surface area contributed by atoms with Crippen LogP contribution in [0.4, 0.5) is 10.3 Å². The average Bonchev–Trinajstić information content (AvgIpc) is 3.41. The van der Waals surface area contributed by atoms with Crippen LogP contribution in [0.25, 0.3) is 22.0 Å². The van der Waals surface area contributed by atoms with Gasteiger partial charge in [0, 0.05) is 59.4 Å². The van der Waals surface area contributed by atoms with E-state index in [4.69, 9.17) is 5.73 Å². The highest BCUT2D eigenvalue weighted by Gasteiger charge is 2.24. The van der Waals surface area contributed by atoms with Crippen LogP contribution in [0.2, 0.25) is 0 Å². The number of benzene rings is 3. The first-order valence-electron chi connectivity index (χ1n) is 13.7. The molecule has 2 aromatic heterocycles. The summed E-state index contributed by atoms with van der Waals surface area (Å²) in [5.74, 6) is -0.332. The SMILES string of the molecule is Cc1cc(C(=O)NC(c2cc3ccccc3[nH]2)c2cc(F)ccc2O)cc(-c2cnc(N3CCC(N)CC3)nc2)c1. The number of aryl methyl sites for hydroxylation is 1. The molecular formula is C32H31FN6O2. The third-order valence-corrected chi connectivity index (χ3v) is 7.57. The van der Waals surface area contributed by atoms with Gasteiger partial charge in [0.05, 0.1) is 6.04 Å². The number of halogens is 1. The van der Waals surface area contributed by atoms with Gasteiger partial charge in [-0.3, -0.25) is 4.79 Å². The largest absolute Gasteiger partial charge is 0.508 e. The topological polar surface area (TPSA) is 120 Å². The molecular weight excluding hydrogens is 519 g/mol. The van der Waals surface area contributed by atoms with Crippen molar-refractivity contribution in [3.63, 3.8) is 0 Å². The second kappa shape index (κ2) is 11.0. The van der Waals surface area contributed by atoms with Gasteiger partial charge in [-0.05, 0) is 78.7 Å². The number of aromatic amines is 1. The number of piperidine rings is 1. The molecule has 0 radical (unpaired) electrons. The fourth-order valence-corrected chi connectivity index (χ4v) is 5.36. The summed E-state index contributed by atoms with van der Waals surface area (Å²) in [5.41, 5.74) is 10.7. The van der Waals surface area contributed by atoms with E-state index in [1.807, 2.05) is 43.3 Å². The van der Waals surface area contributed by atoms with Gasteiger partial charge in [0.25, 0.3) is 5.91 Å². The number of phenolic OH excluding ortho intramolecular Hbond substituents is 1. The van der Waals surface area contributed by atoms with Crippen LogP contribution in [0.3, 0.4) is 0 Å². The summed E-state index contributed by atoms with van der Waals surface area (Å²) < 4.78 is 14.3. The lowest BCUT2D eigenvalue weighted by Crippen LogP contribution is -2.40. The standard InChI is InChI=1S/C32H31FN6O2/c1-19-12-21(23-17-35-32(36-18-23)39-10-8-25(34)9-11-39)14-22(13-19)31(41)38-30(26-16-24(33)6-7-29(26)40)28-15-20-4-2-3-5-27(20)37-28/h2-7,12-18,25,30,37,40H,8-11,34H2,1H3,(H,38,41). The van der Waals surface area contributed by atoms with Crippen molar-refractivity contribution in [2.75, 3.05) is 18.0 Å². The molecule has 1 fully saturated rings. The number of hydrogen-bond acceptors (Lipinski definition) is 6. The number of para-hydroxylation sites is 1. The molecule has 9 heteroatoms. The number of nitrogens with two attached hydrogens (primary N) is 1. The minimum atomic E-state index is -0.824. The Morgan fingerprint density at radius 3 is 2.56 bits per heavy atom. The molecule has 0 aliphatic carbocycles. The number of anilines is 1. The zero-order valence-electron chi connectivity index (χ0n) is 22.6. The Hall–Kier alpha value is -4.76. The van der Waals surface area contributed by atoms with Gasteiger partial charge < -0.3 is 26.0 Å². The molecule has 1 amide bonds. The number of aromatic hydroxyl groups is 1. The van der Waals surface area contributed by atoms with E-state index in [0.717, 1.165) is 53.5 Å². The number of nitrogens with zero attached hydrogens (tertiary/aromatic N) is 3. The van der Waals surface area contributed by atoms with Crippen molar-refractivity contribution in [2.24, 2.45) is 5.73 Å². The Kier molecular flexibility index (Phi) is 7.11. The number of rotatable bonds is 6. The first-order valence-corrected chi connectivity index (χ1v) is 13.7. The number of amides is 1. The third kappa shape index (κ3) is 5.62. The maximum Gasteiger partial charge on any atom is 0.252 e. The number of carbonyl (C=O) groups excluding carboxylic acids is 1. The van der Waals surface area contributed by atoms with E-state index in [0.29, 0.717) is 17.2 Å². The first-order chi connectivity index (χ1) is 19.8. The summed E-state index contributed by atoms with van der Waals surface area (Å²) >= 11 is 0. The molecule has 0 bridgehead atoms. The lowest BCUT2D eigenvalue weighted by Gasteiger charge is -2.30. The Bertz CT molecular complexity index is 1680. The smallest absolute Gasteiger partial charge is 0.252 e. The molecule has 1 atom stereocenters. The van der Waals surface area contributed by atoms with E-state index in [9.17, 15) is 14.3 Å².